The smallest absolute Gasteiger partial charge is 0.324 e. The monoisotopic (exact) mass is 672 g/mol. The number of nitrogens with one attached hydrogen (secondary N) is 1. The Bertz CT molecular complexity index is 914. The van der Waals surface area contributed by atoms with E-state index >= 15 is 0 Å². The minimum atomic E-state index is -1.34. The summed E-state index contributed by atoms with van der Waals surface area (Å²) < 4.78 is 4.66. The number of unbranched alkanes of at least 4 members (excludes halogenated alkanes) is 1. The number of carbonyl (C=O) groups excluding carboxylic acids is 2. The molecule has 1 saturated heterocycles. The predicted molar refractivity (Wildman–Crippen MR) is 163 cm³/mol. The Hall–Kier alpha value is -3.99. The first-order valence-electron chi connectivity index (χ1n) is 13.9. The summed E-state index contributed by atoms with van der Waals surface area (Å²) in [5.41, 5.74) is 35.4. The molecular weight excluding hydrogens is 620 g/mol. The summed E-state index contributed by atoms with van der Waals surface area (Å²) in [6.45, 7) is 5.61. The van der Waals surface area contributed by atoms with Gasteiger partial charge in [0.25, 0.3) is 0 Å². The molecular formula is C25H52N8O13. The largest absolute Gasteiger partial charge is 0.480 e. The van der Waals surface area contributed by atoms with Crippen LogP contribution in [0.15, 0.2) is 0 Å². The highest BCUT2D eigenvalue weighted by atomic mass is 16.5. The molecule has 1 fully saturated rings. The summed E-state index contributed by atoms with van der Waals surface area (Å²) in [6.07, 6.45) is 2.54. The van der Waals surface area contributed by atoms with Crippen molar-refractivity contribution in [3.8, 4) is 0 Å². The summed E-state index contributed by atoms with van der Waals surface area (Å²) in [6, 6.07) is -5.00. The fourth-order valence-corrected chi connectivity index (χ4v) is 2.37. The predicted octanol–water partition coefficient (Wildman–Crippen LogP) is -4.28. The van der Waals surface area contributed by atoms with Gasteiger partial charge in [-0.05, 0) is 59.5 Å². The van der Waals surface area contributed by atoms with Gasteiger partial charge in [0.15, 0.2) is 0 Å². The number of rotatable bonds is 14. The number of hydrogen-bond acceptors (Lipinski definition) is 15. The molecule has 0 spiro atoms. The molecule has 0 radical (unpaired) electrons. The highest BCUT2D eigenvalue weighted by Crippen LogP contribution is 2.03. The van der Waals surface area contributed by atoms with Crippen molar-refractivity contribution in [3.05, 3.63) is 0 Å². The lowest BCUT2D eigenvalue weighted by molar-refractivity contribution is -0.155. The van der Waals surface area contributed by atoms with Gasteiger partial charge in [-0.2, -0.15) is 0 Å². The first-order valence-corrected chi connectivity index (χ1v) is 13.9. The number of carboxylic acid groups (broad SMARTS) is 5. The van der Waals surface area contributed by atoms with Crippen LogP contribution in [0.5, 0.6) is 0 Å². The standard InChI is InChI=1S/C8H15N3O5.C6H14N2O2.C5H9NO2.2C3H7NO2/c1-3(6(11)7(13)14)16-8(15)4(9)2-5(10)12;7-4-2-1-3-5(8)6(9)10;7-5(8)4-2-1-3-6-4;2*1-2(4)3(5)6/h3-4,6H,2,9,11H2,1H3,(H2,10,12)(H,13,14);5H,1-4,7-8H2,(H,9,10);4,6H,1-3H2,(H,7,8);2*2H,4H2,1H3,(H,5,6)/t3-,4+,6+;5-;4-;2*2-/m10000/s1. The number of primary amides is 1. The minimum absolute atomic E-state index is 0.269. The third-order valence-electron chi connectivity index (χ3n) is 5.24. The third kappa shape index (κ3) is 31.4. The van der Waals surface area contributed by atoms with E-state index in [1.165, 1.54) is 20.8 Å². The number of carbonyl (C=O) groups is 7. The second-order valence-corrected chi connectivity index (χ2v) is 9.75. The topological polar surface area (TPSA) is 424 Å². The zero-order valence-corrected chi connectivity index (χ0v) is 26.2. The lowest BCUT2D eigenvalue weighted by Crippen LogP contribution is -2.45. The fraction of sp³-hybridized carbons (Fsp3) is 0.720. The van der Waals surface area contributed by atoms with Crippen LogP contribution in [0.2, 0.25) is 0 Å². The van der Waals surface area contributed by atoms with Crippen molar-refractivity contribution in [2.75, 3.05) is 13.1 Å². The van der Waals surface area contributed by atoms with Gasteiger partial charge >= 0.3 is 35.8 Å². The van der Waals surface area contributed by atoms with Crippen LogP contribution in [0.3, 0.4) is 0 Å². The van der Waals surface area contributed by atoms with Crippen LogP contribution in [-0.4, -0.2) is 123 Å². The van der Waals surface area contributed by atoms with E-state index in [0.717, 1.165) is 32.2 Å². The number of ether oxygens (including phenoxy) is 1. The molecule has 0 bridgehead atoms. The van der Waals surface area contributed by atoms with Crippen molar-refractivity contribution in [1.82, 2.24) is 5.32 Å². The molecule has 0 aromatic rings. The minimum Gasteiger partial charge on any atom is -0.480 e. The summed E-state index contributed by atoms with van der Waals surface area (Å²) in [5.74, 6) is -6.55. The van der Waals surface area contributed by atoms with Gasteiger partial charge in [0.2, 0.25) is 5.91 Å². The average molecular weight is 673 g/mol. The molecule has 1 aliphatic rings. The molecule has 0 saturated carbocycles. The maximum atomic E-state index is 11.2. The van der Waals surface area contributed by atoms with Gasteiger partial charge in [0.05, 0.1) is 6.42 Å². The molecule has 0 unspecified atom stereocenters. The Morgan fingerprint density at radius 1 is 0.761 bits per heavy atom. The first-order chi connectivity index (χ1) is 21.0. The molecule has 46 heavy (non-hydrogen) atoms. The molecule has 0 aliphatic carbocycles. The molecule has 1 rings (SSSR count). The fourth-order valence-electron chi connectivity index (χ4n) is 2.37. The van der Waals surface area contributed by atoms with Gasteiger partial charge in [-0.3, -0.25) is 33.6 Å². The highest BCUT2D eigenvalue weighted by molar-refractivity contribution is 5.84. The van der Waals surface area contributed by atoms with E-state index in [1.54, 1.807) is 0 Å². The molecule has 21 heteroatoms. The molecule has 270 valence electrons. The third-order valence-corrected chi connectivity index (χ3v) is 5.24. The van der Waals surface area contributed by atoms with E-state index in [1.807, 2.05) is 0 Å². The van der Waals surface area contributed by atoms with Gasteiger partial charge in [0.1, 0.15) is 42.4 Å². The van der Waals surface area contributed by atoms with Crippen LogP contribution in [-0.2, 0) is 38.3 Å². The van der Waals surface area contributed by atoms with Crippen LogP contribution in [0.4, 0.5) is 0 Å². The maximum Gasteiger partial charge on any atom is 0.324 e. The second kappa shape index (κ2) is 28.5. The second-order valence-electron chi connectivity index (χ2n) is 9.75. The van der Waals surface area contributed by atoms with Crippen molar-refractivity contribution >= 4 is 41.7 Å². The Labute approximate surface area is 266 Å². The number of nitrogens with two attached hydrogens (primary N) is 7. The van der Waals surface area contributed by atoms with Crippen LogP contribution < -0.4 is 45.5 Å². The highest BCUT2D eigenvalue weighted by Gasteiger charge is 2.26. The number of aliphatic carboxylic acids is 5. The number of amides is 1. The Balaban J connectivity index is -0.000000254. The Morgan fingerprint density at radius 3 is 1.48 bits per heavy atom. The van der Waals surface area contributed by atoms with Gasteiger partial charge in [-0.25, -0.2) is 0 Å². The van der Waals surface area contributed by atoms with Gasteiger partial charge < -0.3 is 75.7 Å². The first kappa shape index (κ1) is 48.9. The Kier molecular flexibility index (Phi) is 30.3. The van der Waals surface area contributed by atoms with E-state index in [-0.39, 0.29) is 12.5 Å². The van der Waals surface area contributed by atoms with Crippen molar-refractivity contribution in [1.29, 1.82) is 0 Å². The summed E-state index contributed by atoms with van der Waals surface area (Å²) in [7, 11) is 0. The molecule has 0 aromatic carbocycles. The van der Waals surface area contributed by atoms with Crippen molar-refractivity contribution in [2.45, 2.75) is 102 Å². The van der Waals surface area contributed by atoms with Gasteiger partial charge in [-0.15, -0.1) is 0 Å². The van der Waals surface area contributed by atoms with E-state index in [9.17, 15) is 33.6 Å². The molecule has 1 heterocycles. The number of hydrogen-bond donors (Lipinski definition) is 13. The zero-order chi connectivity index (χ0) is 37.2. The van der Waals surface area contributed by atoms with Gasteiger partial charge in [-0.1, -0.05) is 6.42 Å². The van der Waals surface area contributed by atoms with Crippen molar-refractivity contribution in [3.63, 3.8) is 0 Å². The lowest BCUT2D eigenvalue weighted by atomic mass is 10.1. The summed E-state index contributed by atoms with van der Waals surface area (Å²) >= 11 is 0. The van der Waals surface area contributed by atoms with Crippen LogP contribution in [0.25, 0.3) is 0 Å². The summed E-state index contributed by atoms with van der Waals surface area (Å²) in [5, 5.41) is 43.8. The molecule has 1 aliphatic heterocycles. The molecule has 21 nitrogen and oxygen atoms in total. The SMILES string of the molecule is C[C@@H](OC(=O)[C@@H](N)CC(N)=O)[C@H](N)C(=O)O.C[C@H](N)C(=O)O.C[C@H](N)C(=O)O.NCCCC[C@H](N)C(=O)O.O=C(O)[C@@H]1CCCN1. The van der Waals surface area contributed by atoms with Crippen LogP contribution in [0.1, 0.15) is 59.3 Å². The van der Waals surface area contributed by atoms with Crippen molar-refractivity contribution in [2.24, 2.45) is 40.1 Å². The normalized spacial score (nSPS) is 16.8. The van der Waals surface area contributed by atoms with Crippen molar-refractivity contribution < 1.29 is 63.8 Å². The Morgan fingerprint density at radius 2 is 1.22 bits per heavy atom. The molecule has 7 atom stereocenters. The number of carboxylic acids is 5. The zero-order valence-electron chi connectivity index (χ0n) is 26.2. The molecule has 20 N–H and O–H groups in total. The van der Waals surface area contributed by atoms with E-state index in [0.29, 0.717) is 13.0 Å². The van der Waals surface area contributed by atoms with E-state index in [4.69, 9.17) is 65.7 Å². The lowest BCUT2D eigenvalue weighted by Gasteiger charge is -2.18. The maximum absolute atomic E-state index is 11.2. The molecule has 0 aromatic heterocycles. The van der Waals surface area contributed by atoms with Crippen LogP contribution in [0, 0.1) is 0 Å². The molecule has 1 amide bonds. The quantitative estimate of drug-likeness (QED) is 0.0613. The van der Waals surface area contributed by atoms with Gasteiger partial charge in [0, 0.05) is 0 Å². The van der Waals surface area contributed by atoms with E-state index in [2.05, 4.69) is 10.1 Å². The van der Waals surface area contributed by atoms with Crippen LogP contribution >= 0.6 is 0 Å². The summed E-state index contributed by atoms with van der Waals surface area (Å²) in [4.78, 5) is 71.5. The van der Waals surface area contributed by atoms with E-state index < -0.39 is 78.0 Å². The average Bonchev–Trinajstić information content (AvgIpc) is 3.49. The number of esters is 1.